The fraction of sp³-hybridized carbons (Fsp3) is 0.300. The van der Waals surface area contributed by atoms with Gasteiger partial charge in [-0.25, -0.2) is 0 Å². The number of hydrogen-bond donors (Lipinski definition) is 2. The summed E-state index contributed by atoms with van der Waals surface area (Å²) in [6.07, 6.45) is 3.70. The van der Waals surface area contributed by atoms with Crippen LogP contribution in [0.5, 0.6) is 0 Å². The lowest BCUT2D eigenvalue weighted by molar-refractivity contribution is 0.102. The van der Waals surface area contributed by atoms with Gasteiger partial charge in [0.15, 0.2) is 5.69 Å². The molecular weight excluding hydrogens is 344 g/mol. The molecule has 3 heterocycles. The zero-order valence-electron chi connectivity index (χ0n) is 14.6. The summed E-state index contributed by atoms with van der Waals surface area (Å²) in [4.78, 5) is 16.0. The second-order valence-corrected chi connectivity index (χ2v) is 7.54. The minimum Gasteiger partial charge on any atom is -0.321 e. The maximum atomic E-state index is 12.4. The zero-order valence-corrected chi connectivity index (χ0v) is 15.4. The predicted octanol–water partition coefficient (Wildman–Crippen LogP) is 4.03. The van der Waals surface area contributed by atoms with Crippen LogP contribution in [0.15, 0.2) is 47.8 Å². The second kappa shape index (κ2) is 7.85. The minimum absolute atomic E-state index is 0.200. The summed E-state index contributed by atoms with van der Waals surface area (Å²) in [6.45, 7) is 3.57. The van der Waals surface area contributed by atoms with E-state index in [2.05, 4.69) is 32.5 Å². The third-order valence-electron chi connectivity index (χ3n) is 4.72. The van der Waals surface area contributed by atoms with Gasteiger partial charge in [-0.2, -0.15) is 5.10 Å². The summed E-state index contributed by atoms with van der Waals surface area (Å²) < 4.78 is 0. The summed E-state index contributed by atoms with van der Waals surface area (Å²) in [5, 5.41) is 12.0. The van der Waals surface area contributed by atoms with Crippen molar-refractivity contribution in [1.29, 1.82) is 0 Å². The topological polar surface area (TPSA) is 61.0 Å². The highest BCUT2D eigenvalue weighted by atomic mass is 32.1. The molecule has 0 saturated carbocycles. The van der Waals surface area contributed by atoms with Gasteiger partial charge in [0, 0.05) is 12.2 Å². The van der Waals surface area contributed by atoms with Crippen LogP contribution in [0.1, 0.15) is 28.9 Å². The van der Waals surface area contributed by atoms with Crippen molar-refractivity contribution < 1.29 is 4.79 Å². The Morgan fingerprint density at radius 2 is 2.00 bits per heavy atom. The fourth-order valence-electron chi connectivity index (χ4n) is 3.24. The number of nitrogens with one attached hydrogen (secondary N) is 2. The molecule has 2 N–H and O–H groups in total. The van der Waals surface area contributed by atoms with Crippen LogP contribution in [0.4, 0.5) is 5.69 Å². The summed E-state index contributed by atoms with van der Waals surface area (Å²) in [5.74, 6) is -0.200. The fourth-order valence-corrected chi connectivity index (χ4v) is 3.93. The van der Waals surface area contributed by atoms with Crippen molar-refractivity contribution >= 4 is 22.9 Å². The van der Waals surface area contributed by atoms with Gasteiger partial charge in [0.25, 0.3) is 5.91 Å². The standard InChI is InChI=1S/C20H22N4OS/c25-20(18-14-17(22-23-18)19-4-3-13-26-19)21-16-7-5-15(6-8-16)9-12-24-10-1-2-11-24/h3-8,13-14H,1-2,9-12H2,(H,21,25)(H,22,23). The monoisotopic (exact) mass is 366 g/mol. The van der Waals surface area contributed by atoms with Crippen molar-refractivity contribution in [2.45, 2.75) is 19.3 Å². The quantitative estimate of drug-likeness (QED) is 0.692. The number of carbonyl (C=O) groups excluding carboxylic acids is 1. The number of nitrogens with zero attached hydrogens (tertiary/aromatic N) is 2. The Morgan fingerprint density at radius 3 is 2.73 bits per heavy atom. The molecule has 1 aliphatic rings. The number of anilines is 1. The van der Waals surface area contributed by atoms with E-state index in [9.17, 15) is 4.79 Å². The SMILES string of the molecule is O=C(Nc1ccc(CCN2CCCC2)cc1)c1cc(-c2cccs2)[nH]n1. The number of amides is 1. The molecule has 0 bridgehead atoms. The molecule has 26 heavy (non-hydrogen) atoms. The van der Waals surface area contributed by atoms with Crippen LogP contribution in [-0.4, -0.2) is 40.6 Å². The molecule has 2 aromatic heterocycles. The number of thiophene rings is 1. The van der Waals surface area contributed by atoms with E-state index in [1.165, 1.54) is 31.5 Å². The summed E-state index contributed by atoms with van der Waals surface area (Å²) in [7, 11) is 0. The predicted molar refractivity (Wildman–Crippen MR) is 106 cm³/mol. The Kier molecular flexibility index (Phi) is 5.13. The van der Waals surface area contributed by atoms with Crippen LogP contribution in [0.2, 0.25) is 0 Å². The van der Waals surface area contributed by atoms with Gasteiger partial charge in [-0.05, 0) is 67.6 Å². The highest BCUT2D eigenvalue weighted by Gasteiger charge is 2.13. The van der Waals surface area contributed by atoms with Crippen molar-refractivity contribution in [3.63, 3.8) is 0 Å². The van der Waals surface area contributed by atoms with E-state index in [0.717, 1.165) is 29.2 Å². The van der Waals surface area contributed by atoms with Gasteiger partial charge in [0.05, 0.1) is 10.6 Å². The first-order chi connectivity index (χ1) is 12.8. The average Bonchev–Trinajstić information content (AvgIpc) is 3.43. The van der Waals surface area contributed by atoms with E-state index in [-0.39, 0.29) is 5.91 Å². The lowest BCUT2D eigenvalue weighted by Crippen LogP contribution is -2.21. The molecule has 3 aromatic rings. The number of benzene rings is 1. The molecule has 0 unspecified atom stereocenters. The number of aromatic amines is 1. The maximum Gasteiger partial charge on any atom is 0.276 e. The van der Waals surface area contributed by atoms with Gasteiger partial charge in [-0.1, -0.05) is 18.2 Å². The maximum absolute atomic E-state index is 12.4. The third kappa shape index (κ3) is 4.03. The van der Waals surface area contributed by atoms with Crippen LogP contribution < -0.4 is 5.32 Å². The van der Waals surface area contributed by atoms with Crippen LogP contribution >= 0.6 is 11.3 Å². The Bertz CT molecular complexity index is 848. The molecule has 1 saturated heterocycles. The Hall–Kier alpha value is -2.44. The summed E-state index contributed by atoms with van der Waals surface area (Å²) in [5.41, 5.74) is 3.35. The number of hydrogen-bond acceptors (Lipinski definition) is 4. The zero-order chi connectivity index (χ0) is 17.8. The number of carbonyl (C=O) groups is 1. The van der Waals surface area contributed by atoms with E-state index >= 15 is 0 Å². The molecule has 1 aliphatic heterocycles. The largest absolute Gasteiger partial charge is 0.321 e. The van der Waals surface area contributed by atoms with Gasteiger partial charge in [-0.15, -0.1) is 11.3 Å². The summed E-state index contributed by atoms with van der Waals surface area (Å²) in [6, 6.07) is 13.9. The first-order valence-corrected chi connectivity index (χ1v) is 9.88. The van der Waals surface area contributed by atoms with E-state index in [1.54, 1.807) is 17.4 Å². The van der Waals surface area contributed by atoms with Crippen LogP contribution in [-0.2, 0) is 6.42 Å². The molecule has 0 radical (unpaired) electrons. The highest BCUT2D eigenvalue weighted by Crippen LogP contribution is 2.23. The van der Waals surface area contributed by atoms with Gasteiger partial charge >= 0.3 is 0 Å². The minimum atomic E-state index is -0.200. The molecule has 6 heteroatoms. The molecule has 4 rings (SSSR count). The molecule has 0 spiro atoms. The van der Waals surface area contributed by atoms with Gasteiger partial charge in [0.1, 0.15) is 0 Å². The molecule has 5 nitrogen and oxygen atoms in total. The van der Waals surface area contributed by atoms with E-state index in [0.29, 0.717) is 5.69 Å². The average molecular weight is 366 g/mol. The van der Waals surface area contributed by atoms with Crippen molar-refractivity contribution in [1.82, 2.24) is 15.1 Å². The van der Waals surface area contributed by atoms with Crippen LogP contribution in [0.25, 0.3) is 10.6 Å². The Labute approximate surface area is 157 Å². The lowest BCUT2D eigenvalue weighted by Gasteiger charge is -2.14. The Morgan fingerprint density at radius 1 is 1.19 bits per heavy atom. The van der Waals surface area contributed by atoms with Crippen molar-refractivity contribution in [3.05, 3.63) is 59.1 Å². The number of likely N-dealkylation sites (tertiary alicyclic amines) is 1. The first kappa shape index (κ1) is 17.0. The molecule has 0 aliphatic carbocycles. The lowest BCUT2D eigenvalue weighted by atomic mass is 10.1. The van der Waals surface area contributed by atoms with Gasteiger partial charge < -0.3 is 10.2 Å². The van der Waals surface area contributed by atoms with E-state index in [1.807, 2.05) is 29.6 Å². The first-order valence-electron chi connectivity index (χ1n) is 9.00. The third-order valence-corrected chi connectivity index (χ3v) is 5.63. The van der Waals surface area contributed by atoms with Crippen molar-refractivity contribution in [3.8, 4) is 10.6 Å². The van der Waals surface area contributed by atoms with Gasteiger partial charge in [0.2, 0.25) is 0 Å². The van der Waals surface area contributed by atoms with Crippen LogP contribution in [0, 0.1) is 0 Å². The van der Waals surface area contributed by atoms with E-state index < -0.39 is 0 Å². The molecule has 1 aromatic carbocycles. The van der Waals surface area contributed by atoms with Crippen molar-refractivity contribution in [2.75, 3.05) is 25.0 Å². The van der Waals surface area contributed by atoms with Gasteiger partial charge in [-0.3, -0.25) is 9.89 Å². The second-order valence-electron chi connectivity index (χ2n) is 6.59. The van der Waals surface area contributed by atoms with E-state index in [4.69, 9.17) is 0 Å². The highest BCUT2D eigenvalue weighted by molar-refractivity contribution is 7.13. The molecule has 1 amide bonds. The van der Waals surface area contributed by atoms with Crippen molar-refractivity contribution in [2.24, 2.45) is 0 Å². The number of aromatic nitrogens is 2. The molecule has 0 atom stereocenters. The summed E-state index contributed by atoms with van der Waals surface area (Å²) >= 11 is 1.61. The molecular formula is C20H22N4OS. The molecule has 134 valence electrons. The number of H-pyrrole nitrogens is 1. The van der Waals surface area contributed by atoms with Crippen LogP contribution in [0.3, 0.4) is 0 Å². The normalized spacial score (nSPS) is 14.6. The smallest absolute Gasteiger partial charge is 0.276 e. The molecule has 1 fully saturated rings. The number of rotatable bonds is 6. The Balaban J connectivity index is 1.34.